The van der Waals surface area contributed by atoms with Gasteiger partial charge in [0.25, 0.3) is 5.91 Å². The first-order valence-corrected chi connectivity index (χ1v) is 13.5. The smallest absolute Gasteiger partial charge is 0.251 e. The minimum Gasteiger partial charge on any atom is -0.345 e. The lowest BCUT2D eigenvalue weighted by atomic mass is 9.88. The van der Waals surface area contributed by atoms with E-state index in [4.69, 9.17) is 11.6 Å². The van der Waals surface area contributed by atoms with Crippen molar-refractivity contribution in [3.63, 3.8) is 0 Å². The maximum Gasteiger partial charge on any atom is 0.251 e. The molecule has 1 amide bonds. The number of aryl methyl sites for hydroxylation is 2. The van der Waals surface area contributed by atoms with Crippen molar-refractivity contribution in [1.82, 2.24) is 14.5 Å². The number of hydrogen-bond donors (Lipinski definition) is 1. The summed E-state index contributed by atoms with van der Waals surface area (Å²) >= 11 is 6.28. The van der Waals surface area contributed by atoms with Crippen molar-refractivity contribution >= 4 is 27.5 Å². The zero-order chi connectivity index (χ0) is 23.6. The number of carbonyl (C=O) groups excluding carboxylic acids is 1. The van der Waals surface area contributed by atoms with Gasteiger partial charge in [0.2, 0.25) is 10.0 Å². The second-order valence-corrected chi connectivity index (χ2v) is 11.3. The highest BCUT2D eigenvalue weighted by molar-refractivity contribution is 7.89. The molecule has 2 aromatic rings. The van der Waals surface area contributed by atoms with Gasteiger partial charge in [-0.05, 0) is 74.0 Å². The number of halogens is 1. The summed E-state index contributed by atoms with van der Waals surface area (Å²) in [6.07, 6.45) is 5.38. The quantitative estimate of drug-likeness (QED) is 0.665. The van der Waals surface area contributed by atoms with Crippen LogP contribution in [0.2, 0.25) is 5.02 Å². The van der Waals surface area contributed by atoms with Crippen LogP contribution < -0.4 is 5.32 Å². The number of carbonyl (C=O) groups is 1. The molecule has 6 nitrogen and oxygen atoms in total. The summed E-state index contributed by atoms with van der Waals surface area (Å²) in [6.45, 7) is 4.17. The van der Waals surface area contributed by atoms with E-state index in [0.29, 0.717) is 31.7 Å². The number of piperazine rings is 1. The van der Waals surface area contributed by atoms with Gasteiger partial charge in [-0.25, -0.2) is 8.42 Å². The largest absolute Gasteiger partial charge is 0.345 e. The molecule has 8 heteroatoms. The first kappa shape index (κ1) is 24.2. The Bertz CT molecular complexity index is 1130. The Kier molecular flexibility index (Phi) is 7.43. The van der Waals surface area contributed by atoms with Gasteiger partial charge in [-0.2, -0.15) is 4.31 Å². The summed E-state index contributed by atoms with van der Waals surface area (Å²) in [5.41, 5.74) is 4.16. The number of fused-ring (bicyclic) bond motifs is 1. The lowest BCUT2D eigenvalue weighted by Crippen LogP contribution is -2.47. The van der Waals surface area contributed by atoms with Crippen molar-refractivity contribution in [3.05, 3.63) is 63.7 Å². The molecule has 1 atom stereocenters. The fraction of sp³-hybridized carbons (Fsp3) is 0.480. The summed E-state index contributed by atoms with van der Waals surface area (Å²) in [6, 6.07) is 10.8. The van der Waals surface area contributed by atoms with Crippen LogP contribution in [0.25, 0.3) is 0 Å². The number of amides is 1. The number of rotatable bonds is 6. The van der Waals surface area contributed by atoms with Crippen molar-refractivity contribution in [3.8, 4) is 0 Å². The molecule has 1 fully saturated rings. The molecule has 4 rings (SSSR count). The van der Waals surface area contributed by atoms with E-state index >= 15 is 0 Å². The number of nitrogens with one attached hydrogen (secondary N) is 1. The van der Waals surface area contributed by atoms with Crippen LogP contribution in [-0.4, -0.2) is 56.8 Å². The average Bonchev–Trinajstić information content (AvgIpc) is 2.82. The Labute approximate surface area is 202 Å². The Hall–Kier alpha value is -1.93. The predicted molar refractivity (Wildman–Crippen MR) is 131 cm³/mol. The zero-order valence-corrected chi connectivity index (χ0v) is 20.9. The lowest BCUT2D eigenvalue weighted by Gasteiger charge is -2.31. The second-order valence-electron chi connectivity index (χ2n) is 9.02. The van der Waals surface area contributed by atoms with Gasteiger partial charge in [0, 0.05) is 31.7 Å². The molecule has 0 aromatic heterocycles. The van der Waals surface area contributed by atoms with E-state index in [2.05, 4.69) is 28.4 Å². The molecule has 0 saturated carbocycles. The third kappa shape index (κ3) is 5.27. The van der Waals surface area contributed by atoms with Gasteiger partial charge in [0.1, 0.15) is 4.90 Å². The molecular formula is C25H32ClN3O3S. The number of nitrogens with zero attached hydrogens (tertiary/aromatic N) is 2. The molecule has 1 aliphatic heterocycles. The maximum atomic E-state index is 13.2. The van der Waals surface area contributed by atoms with Gasteiger partial charge in [0.15, 0.2) is 0 Å². The van der Waals surface area contributed by atoms with Crippen LogP contribution in [0.5, 0.6) is 0 Å². The minimum atomic E-state index is -3.77. The van der Waals surface area contributed by atoms with Crippen molar-refractivity contribution < 1.29 is 13.2 Å². The van der Waals surface area contributed by atoms with Crippen LogP contribution in [0.4, 0.5) is 0 Å². The minimum absolute atomic E-state index is 0.0109. The van der Waals surface area contributed by atoms with E-state index < -0.39 is 10.0 Å². The number of benzene rings is 2. The molecule has 0 bridgehead atoms. The van der Waals surface area contributed by atoms with Gasteiger partial charge < -0.3 is 10.2 Å². The fourth-order valence-corrected chi connectivity index (χ4v) is 6.57. The van der Waals surface area contributed by atoms with Crippen molar-refractivity contribution in [2.75, 3.05) is 33.2 Å². The molecule has 2 aromatic carbocycles. The van der Waals surface area contributed by atoms with E-state index in [9.17, 15) is 13.2 Å². The number of sulfonamides is 1. The number of hydrogen-bond acceptors (Lipinski definition) is 4. The summed E-state index contributed by atoms with van der Waals surface area (Å²) in [7, 11) is -1.81. The highest BCUT2D eigenvalue weighted by Crippen LogP contribution is 2.28. The van der Waals surface area contributed by atoms with Crippen molar-refractivity contribution in [1.29, 1.82) is 0 Å². The van der Waals surface area contributed by atoms with Crippen LogP contribution in [0, 0.1) is 0 Å². The topological polar surface area (TPSA) is 69.7 Å². The summed E-state index contributed by atoms with van der Waals surface area (Å²) < 4.78 is 27.9. The normalized spacial score (nSPS) is 18.5. The van der Waals surface area contributed by atoms with Gasteiger partial charge in [-0.15, -0.1) is 0 Å². The molecule has 0 unspecified atom stereocenters. The van der Waals surface area contributed by atoms with Gasteiger partial charge in [-0.3, -0.25) is 4.79 Å². The van der Waals surface area contributed by atoms with E-state index in [1.165, 1.54) is 40.4 Å². The molecule has 0 spiro atoms. The van der Waals surface area contributed by atoms with Crippen molar-refractivity contribution in [2.24, 2.45) is 0 Å². The van der Waals surface area contributed by atoms with Crippen LogP contribution >= 0.6 is 11.6 Å². The molecule has 178 valence electrons. The summed E-state index contributed by atoms with van der Waals surface area (Å²) in [4.78, 5) is 15.2. The van der Waals surface area contributed by atoms with Crippen LogP contribution in [0.15, 0.2) is 41.3 Å². The Morgan fingerprint density at radius 1 is 1.03 bits per heavy atom. The standard InChI is InChI=1S/C25H32ClN3O3S/c1-3-23(20-9-8-18-6-4-5-7-19(18)16-20)27-25(30)21-10-11-22(26)24(17-21)33(31,32)29-14-12-28(2)13-15-29/h8-11,16-17,23H,3-7,12-15H2,1-2H3,(H,27,30)/t23-/m1/s1. The lowest BCUT2D eigenvalue weighted by molar-refractivity contribution is 0.0935. The molecule has 0 radical (unpaired) electrons. The van der Waals surface area contributed by atoms with E-state index in [1.807, 2.05) is 14.0 Å². The summed E-state index contributed by atoms with van der Waals surface area (Å²) in [5, 5.41) is 3.22. The Balaban J connectivity index is 1.55. The number of likely N-dealkylation sites (N-methyl/N-ethyl adjacent to an activating group) is 1. The fourth-order valence-electron chi connectivity index (χ4n) is 4.64. The third-order valence-electron chi connectivity index (χ3n) is 6.76. The Morgan fingerprint density at radius 2 is 1.73 bits per heavy atom. The van der Waals surface area contributed by atoms with Crippen LogP contribution in [0.3, 0.4) is 0 Å². The highest BCUT2D eigenvalue weighted by Gasteiger charge is 2.30. The molecule has 1 N–H and O–H groups in total. The Morgan fingerprint density at radius 3 is 2.42 bits per heavy atom. The molecular weight excluding hydrogens is 458 g/mol. The van der Waals surface area contributed by atoms with Crippen molar-refractivity contribution in [2.45, 2.75) is 50.0 Å². The molecule has 1 aliphatic carbocycles. The molecule has 33 heavy (non-hydrogen) atoms. The van der Waals surface area contributed by atoms with Crippen LogP contribution in [-0.2, 0) is 22.9 Å². The molecule has 1 saturated heterocycles. The first-order valence-electron chi connectivity index (χ1n) is 11.7. The van der Waals surface area contributed by atoms with Gasteiger partial charge in [0.05, 0.1) is 11.1 Å². The van der Waals surface area contributed by atoms with Gasteiger partial charge >= 0.3 is 0 Å². The van der Waals surface area contributed by atoms with E-state index in [1.54, 1.807) is 6.07 Å². The van der Waals surface area contributed by atoms with Crippen LogP contribution in [0.1, 0.15) is 59.3 Å². The summed E-state index contributed by atoms with van der Waals surface area (Å²) in [5.74, 6) is -0.300. The average molecular weight is 490 g/mol. The molecule has 2 aliphatic rings. The third-order valence-corrected chi connectivity index (χ3v) is 9.14. The second kappa shape index (κ2) is 10.1. The zero-order valence-electron chi connectivity index (χ0n) is 19.3. The van der Waals surface area contributed by atoms with E-state index in [0.717, 1.165) is 24.8 Å². The monoisotopic (exact) mass is 489 g/mol. The van der Waals surface area contributed by atoms with E-state index in [-0.39, 0.29) is 21.9 Å². The first-order chi connectivity index (χ1) is 15.8. The highest BCUT2D eigenvalue weighted by atomic mass is 35.5. The van der Waals surface area contributed by atoms with Gasteiger partial charge in [-0.1, -0.05) is 36.7 Å². The SMILES string of the molecule is CC[C@@H](NC(=O)c1ccc(Cl)c(S(=O)(=O)N2CCN(C)CC2)c1)c1ccc2c(c1)CCCC2. The predicted octanol–water partition coefficient (Wildman–Crippen LogP) is 4.04. The maximum absolute atomic E-state index is 13.2. The molecule has 1 heterocycles.